The van der Waals surface area contributed by atoms with E-state index < -0.39 is 0 Å². The van der Waals surface area contributed by atoms with Gasteiger partial charge in [-0.2, -0.15) is 0 Å². The minimum absolute atomic E-state index is 0.717. The summed E-state index contributed by atoms with van der Waals surface area (Å²) in [7, 11) is 2.12. The van der Waals surface area contributed by atoms with Crippen molar-refractivity contribution in [1.82, 2.24) is 5.32 Å². The Kier molecular flexibility index (Phi) is 4.82. The van der Waals surface area contributed by atoms with Crippen molar-refractivity contribution in [2.75, 3.05) is 7.05 Å². The van der Waals surface area contributed by atoms with Crippen LogP contribution in [-0.4, -0.2) is 13.1 Å². The van der Waals surface area contributed by atoms with Gasteiger partial charge in [-0.25, -0.2) is 0 Å². The molecule has 1 nitrogen and oxygen atoms in total. The van der Waals surface area contributed by atoms with E-state index in [4.69, 9.17) is 0 Å². The van der Waals surface area contributed by atoms with Gasteiger partial charge in [0.2, 0.25) is 0 Å². The minimum atomic E-state index is 0.717. The van der Waals surface area contributed by atoms with Crippen LogP contribution < -0.4 is 5.32 Å². The second-order valence-electron chi connectivity index (χ2n) is 5.93. The quantitative estimate of drug-likeness (QED) is 0.847. The average Bonchev–Trinajstić information content (AvgIpc) is 2.41. The number of benzene rings is 1. The topological polar surface area (TPSA) is 12.0 Å². The first-order valence-electron chi connectivity index (χ1n) is 7.45. The molecular weight excluding hydrogens is 218 g/mol. The molecule has 18 heavy (non-hydrogen) atoms. The lowest BCUT2D eigenvalue weighted by Crippen LogP contribution is -2.39. The Hall–Kier alpha value is -0.820. The lowest BCUT2D eigenvalue weighted by Gasteiger charge is -2.36. The summed E-state index contributed by atoms with van der Waals surface area (Å²) in [5.41, 5.74) is 2.86. The van der Waals surface area contributed by atoms with Crippen LogP contribution in [0.5, 0.6) is 0 Å². The normalized spacial score (nSPS) is 28.3. The van der Waals surface area contributed by atoms with E-state index in [1.807, 2.05) is 0 Å². The van der Waals surface area contributed by atoms with Crippen LogP contribution >= 0.6 is 0 Å². The van der Waals surface area contributed by atoms with Gasteiger partial charge in [0.25, 0.3) is 0 Å². The summed E-state index contributed by atoms with van der Waals surface area (Å²) in [4.78, 5) is 0. The molecule has 0 aliphatic heterocycles. The zero-order valence-electron chi connectivity index (χ0n) is 12.1. The molecule has 1 saturated carbocycles. The van der Waals surface area contributed by atoms with Gasteiger partial charge in [-0.3, -0.25) is 0 Å². The fourth-order valence-electron chi connectivity index (χ4n) is 3.36. The van der Waals surface area contributed by atoms with Crippen molar-refractivity contribution >= 4 is 0 Å². The first-order chi connectivity index (χ1) is 8.72. The molecule has 100 valence electrons. The van der Waals surface area contributed by atoms with Gasteiger partial charge in [-0.15, -0.1) is 0 Å². The van der Waals surface area contributed by atoms with Crippen LogP contribution in [0.1, 0.15) is 43.7 Å². The largest absolute Gasteiger partial charge is 0.317 e. The highest BCUT2D eigenvalue weighted by atomic mass is 14.9. The predicted molar refractivity (Wildman–Crippen MR) is 78.9 cm³/mol. The standard InChI is InChI=1S/C17H27N/c1-4-14-9-10-17(18-3)16(11-14)12-15-7-5-13(2)6-8-15/h5-8,14,16-18H,4,9-12H2,1-3H3. The molecule has 3 unspecified atom stereocenters. The second kappa shape index (κ2) is 6.38. The Balaban J connectivity index is 2.02. The molecule has 2 rings (SSSR count). The lowest BCUT2D eigenvalue weighted by atomic mass is 9.74. The number of nitrogens with one attached hydrogen (secondary N) is 1. The molecule has 1 aromatic rings. The fourth-order valence-corrected chi connectivity index (χ4v) is 3.36. The van der Waals surface area contributed by atoms with Crippen LogP contribution in [0.15, 0.2) is 24.3 Å². The van der Waals surface area contributed by atoms with E-state index in [-0.39, 0.29) is 0 Å². The summed E-state index contributed by atoms with van der Waals surface area (Å²) in [6.07, 6.45) is 6.75. The highest BCUT2D eigenvalue weighted by Crippen LogP contribution is 2.33. The zero-order chi connectivity index (χ0) is 13.0. The summed E-state index contributed by atoms with van der Waals surface area (Å²) in [5, 5.41) is 3.53. The molecule has 1 aliphatic rings. The molecule has 0 radical (unpaired) electrons. The molecule has 0 saturated heterocycles. The molecule has 0 spiro atoms. The molecule has 1 N–H and O–H groups in total. The molecule has 0 aromatic heterocycles. The summed E-state index contributed by atoms with van der Waals surface area (Å²) in [5.74, 6) is 1.77. The maximum Gasteiger partial charge on any atom is 0.00957 e. The van der Waals surface area contributed by atoms with E-state index in [1.165, 1.54) is 43.2 Å². The SMILES string of the molecule is CCC1CCC(NC)C(Cc2ccc(C)cc2)C1. The van der Waals surface area contributed by atoms with Crippen molar-refractivity contribution in [3.05, 3.63) is 35.4 Å². The van der Waals surface area contributed by atoms with E-state index in [9.17, 15) is 0 Å². The fraction of sp³-hybridized carbons (Fsp3) is 0.647. The summed E-state index contributed by atoms with van der Waals surface area (Å²) in [6.45, 7) is 4.50. The van der Waals surface area contributed by atoms with Gasteiger partial charge in [0.05, 0.1) is 0 Å². The van der Waals surface area contributed by atoms with Gasteiger partial charge < -0.3 is 5.32 Å². The highest BCUT2D eigenvalue weighted by Gasteiger charge is 2.28. The second-order valence-corrected chi connectivity index (χ2v) is 5.93. The van der Waals surface area contributed by atoms with Crippen LogP contribution in [-0.2, 0) is 6.42 Å². The van der Waals surface area contributed by atoms with E-state index in [2.05, 4.69) is 50.5 Å². The zero-order valence-corrected chi connectivity index (χ0v) is 12.1. The van der Waals surface area contributed by atoms with E-state index in [1.54, 1.807) is 0 Å². The minimum Gasteiger partial charge on any atom is -0.317 e. The third-order valence-electron chi connectivity index (χ3n) is 4.66. The average molecular weight is 245 g/mol. The third kappa shape index (κ3) is 3.35. The van der Waals surface area contributed by atoms with Crippen molar-refractivity contribution in [2.45, 2.75) is 52.0 Å². The lowest BCUT2D eigenvalue weighted by molar-refractivity contribution is 0.205. The number of aryl methyl sites for hydroxylation is 1. The molecular formula is C17H27N. The Morgan fingerprint density at radius 1 is 1.17 bits per heavy atom. The van der Waals surface area contributed by atoms with Crippen LogP contribution in [0.25, 0.3) is 0 Å². The number of hydrogen-bond donors (Lipinski definition) is 1. The number of rotatable bonds is 4. The molecule has 1 aromatic carbocycles. The Bertz CT molecular complexity index is 354. The Morgan fingerprint density at radius 2 is 1.89 bits per heavy atom. The first kappa shape index (κ1) is 13.6. The number of hydrogen-bond acceptors (Lipinski definition) is 1. The van der Waals surface area contributed by atoms with E-state index in [0.29, 0.717) is 6.04 Å². The van der Waals surface area contributed by atoms with E-state index >= 15 is 0 Å². The van der Waals surface area contributed by atoms with Gasteiger partial charge >= 0.3 is 0 Å². The van der Waals surface area contributed by atoms with Gasteiger partial charge in [-0.1, -0.05) is 43.2 Å². The highest BCUT2D eigenvalue weighted by molar-refractivity contribution is 5.22. The van der Waals surface area contributed by atoms with Crippen molar-refractivity contribution in [2.24, 2.45) is 11.8 Å². The molecule has 1 fully saturated rings. The molecule has 1 heteroatoms. The van der Waals surface area contributed by atoms with Gasteiger partial charge in [0, 0.05) is 6.04 Å². The molecule has 0 heterocycles. The summed E-state index contributed by atoms with van der Waals surface area (Å²) >= 11 is 0. The molecule has 1 aliphatic carbocycles. The smallest absolute Gasteiger partial charge is 0.00957 e. The Morgan fingerprint density at radius 3 is 2.50 bits per heavy atom. The maximum absolute atomic E-state index is 3.53. The van der Waals surface area contributed by atoms with Gasteiger partial charge in [0.15, 0.2) is 0 Å². The molecule has 0 amide bonds. The molecule has 0 bridgehead atoms. The van der Waals surface area contributed by atoms with Gasteiger partial charge in [0.1, 0.15) is 0 Å². The first-order valence-corrected chi connectivity index (χ1v) is 7.45. The van der Waals surface area contributed by atoms with Crippen molar-refractivity contribution in [3.8, 4) is 0 Å². The van der Waals surface area contributed by atoms with Crippen molar-refractivity contribution < 1.29 is 0 Å². The van der Waals surface area contributed by atoms with E-state index in [0.717, 1.165) is 11.8 Å². The van der Waals surface area contributed by atoms with Crippen LogP contribution in [0.3, 0.4) is 0 Å². The predicted octanol–water partition coefficient (Wildman–Crippen LogP) is 3.95. The maximum atomic E-state index is 3.53. The van der Waals surface area contributed by atoms with Crippen LogP contribution in [0.4, 0.5) is 0 Å². The van der Waals surface area contributed by atoms with Crippen LogP contribution in [0, 0.1) is 18.8 Å². The van der Waals surface area contributed by atoms with Crippen LogP contribution in [0.2, 0.25) is 0 Å². The van der Waals surface area contributed by atoms with Crippen molar-refractivity contribution in [3.63, 3.8) is 0 Å². The summed E-state index contributed by atoms with van der Waals surface area (Å²) in [6, 6.07) is 9.80. The van der Waals surface area contributed by atoms with Gasteiger partial charge in [-0.05, 0) is 57.1 Å². The monoisotopic (exact) mass is 245 g/mol. The Labute approximate surface area is 112 Å². The van der Waals surface area contributed by atoms with Crippen molar-refractivity contribution in [1.29, 1.82) is 0 Å². The third-order valence-corrected chi connectivity index (χ3v) is 4.66. The summed E-state index contributed by atoms with van der Waals surface area (Å²) < 4.78 is 0. The molecule has 3 atom stereocenters.